The van der Waals surface area contributed by atoms with Crippen molar-refractivity contribution >= 4 is 11.7 Å². The average molecular weight is 341 g/mol. The van der Waals surface area contributed by atoms with Gasteiger partial charge in [-0.15, -0.1) is 0 Å². The minimum atomic E-state index is -0.266. The largest absolute Gasteiger partial charge is 0.368 e. The van der Waals surface area contributed by atoms with Crippen LogP contribution in [0.4, 0.5) is 5.82 Å². The molecule has 0 radical (unpaired) electrons. The predicted octanol–water partition coefficient (Wildman–Crippen LogP) is 1.70. The molecule has 1 saturated heterocycles. The van der Waals surface area contributed by atoms with Crippen molar-refractivity contribution in [3.05, 3.63) is 41.9 Å². The van der Waals surface area contributed by atoms with Crippen LogP contribution in [-0.4, -0.2) is 51.7 Å². The van der Waals surface area contributed by atoms with E-state index in [1.807, 2.05) is 25.3 Å². The number of ether oxygens (including phenoxy) is 1. The van der Waals surface area contributed by atoms with Gasteiger partial charge in [-0.2, -0.15) is 5.10 Å². The lowest BCUT2D eigenvalue weighted by Crippen LogP contribution is -2.51. The third-order valence-corrected chi connectivity index (χ3v) is 5.37. The fourth-order valence-corrected chi connectivity index (χ4v) is 3.82. The summed E-state index contributed by atoms with van der Waals surface area (Å²) in [7, 11) is 0. The summed E-state index contributed by atoms with van der Waals surface area (Å²) < 4.78 is 6.17. The second-order valence-electron chi connectivity index (χ2n) is 6.78. The van der Waals surface area contributed by atoms with E-state index in [1.165, 1.54) is 5.56 Å². The van der Waals surface area contributed by atoms with Gasteiger partial charge >= 0.3 is 0 Å². The Bertz CT molecular complexity index is 737. The maximum absolute atomic E-state index is 12.5. The topological polar surface area (TPSA) is 83.1 Å². The molecule has 0 aromatic carbocycles. The number of aromatic nitrogens is 3. The highest BCUT2D eigenvalue weighted by molar-refractivity contribution is 5.93. The maximum Gasteiger partial charge on any atom is 0.242 e. The molecule has 1 spiro atoms. The number of fused-ring (bicyclic) bond motifs is 2. The number of amides is 1. The van der Waals surface area contributed by atoms with Crippen molar-refractivity contribution in [3.63, 3.8) is 0 Å². The van der Waals surface area contributed by atoms with Crippen LogP contribution < -0.4 is 5.32 Å². The summed E-state index contributed by atoms with van der Waals surface area (Å²) in [4.78, 5) is 18.9. The van der Waals surface area contributed by atoms with Crippen LogP contribution in [0.25, 0.3) is 0 Å². The third kappa shape index (κ3) is 3.05. The molecule has 7 heteroatoms. The molecular formula is C18H23N5O2. The standard InChI is InChI=1S/C18H23N5O2/c1-13(17(24)21-15-4-2-3-8-19-15)23-9-6-18(7-10-23)16-14(5-11-25-18)12-20-22-16/h2-4,8,12-13H,5-7,9-11H2,1H3,(H,20,22)(H,19,21,24). The minimum Gasteiger partial charge on any atom is -0.368 e. The molecule has 1 unspecified atom stereocenters. The maximum atomic E-state index is 12.5. The number of likely N-dealkylation sites (tertiary alicyclic amines) is 1. The van der Waals surface area contributed by atoms with Gasteiger partial charge in [0.05, 0.1) is 24.5 Å². The Morgan fingerprint density at radius 2 is 2.24 bits per heavy atom. The van der Waals surface area contributed by atoms with E-state index in [0.717, 1.165) is 44.7 Å². The number of carbonyl (C=O) groups is 1. The van der Waals surface area contributed by atoms with Crippen molar-refractivity contribution < 1.29 is 9.53 Å². The second-order valence-corrected chi connectivity index (χ2v) is 6.78. The van der Waals surface area contributed by atoms with Gasteiger partial charge in [-0.05, 0) is 43.9 Å². The van der Waals surface area contributed by atoms with E-state index in [0.29, 0.717) is 5.82 Å². The molecule has 2 aliphatic rings. The smallest absolute Gasteiger partial charge is 0.242 e. The van der Waals surface area contributed by atoms with E-state index in [-0.39, 0.29) is 17.6 Å². The number of carbonyl (C=O) groups excluding carboxylic acids is 1. The molecule has 1 atom stereocenters. The van der Waals surface area contributed by atoms with Crippen LogP contribution in [0.3, 0.4) is 0 Å². The summed E-state index contributed by atoms with van der Waals surface area (Å²) in [5.74, 6) is 0.562. The van der Waals surface area contributed by atoms with Gasteiger partial charge in [-0.25, -0.2) is 4.98 Å². The van der Waals surface area contributed by atoms with Crippen molar-refractivity contribution in [3.8, 4) is 0 Å². The van der Waals surface area contributed by atoms with Crippen LogP contribution >= 0.6 is 0 Å². The number of nitrogens with one attached hydrogen (secondary N) is 2. The first-order chi connectivity index (χ1) is 12.2. The minimum absolute atomic E-state index is 0.0264. The van der Waals surface area contributed by atoms with Gasteiger partial charge in [0.25, 0.3) is 0 Å². The highest BCUT2D eigenvalue weighted by atomic mass is 16.5. The van der Waals surface area contributed by atoms with E-state index in [1.54, 1.807) is 12.3 Å². The molecule has 4 heterocycles. The molecule has 2 aliphatic heterocycles. The number of hydrogen-bond donors (Lipinski definition) is 2. The van der Waals surface area contributed by atoms with E-state index < -0.39 is 0 Å². The number of rotatable bonds is 3. The second kappa shape index (κ2) is 6.57. The van der Waals surface area contributed by atoms with E-state index in [4.69, 9.17) is 4.74 Å². The summed E-state index contributed by atoms with van der Waals surface area (Å²) in [6.45, 7) is 4.31. The van der Waals surface area contributed by atoms with Crippen molar-refractivity contribution in [1.82, 2.24) is 20.1 Å². The Labute approximate surface area is 146 Å². The highest BCUT2D eigenvalue weighted by Crippen LogP contribution is 2.40. The molecule has 4 rings (SSSR count). The number of nitrogens with zero attached hydrogens (tertiary/aromatic N) is 3. The molecule has 1 fully saturated rings. The molecule has 2 aromatic rings. The zero-order valence-electron chi connectivity index (χ0n) is 14.4. The lowest BCUT2D eigenvalue weighted by atomic mass is 9.83. The van der Waals surface area contributed by atoms with Crippen LogP contribution in [0.5, 0.6) is 0 Å². The zero-order valence-corrected chi connectivity index (χ0v) is 14.4. The van der Waals surface area contributed by atoms with Gasteiger partial charge in [-0.3, -0.25) is 14.8 Å². The summed E-state index contributed by atoms with van der Waals surface area (Å²) in [6.07, 6.45) is 6.23. The van der Waals surface area contributed by atoms with E-state index >= 15 is 0 Å². The van der Waals surface area contributed by atoms with Crippen LogP contribution in [0, 0.1) is 0 Å². The summed E-state index contributed by atoms with van der Waals surface area (Å²) >= 11 is 0. The first-order valence-electron chi connectivity index (χ1n) is 8.81. The van der Waals surface area contributed by atoms with Gasteiger partial charge < -0.3 is 10.1 Å². The Balaban J connectivity index is 1.40. The van der Waals surface area contributed by atoms with Crippen molar-refractivity contribution in [2.75, 3.05) is 25.0 Å². The monoisotopic (exact) mass is 341 g/mol. The number of hydrogen-bond acceptors (Lipinski definition) is 5. The quantitative estimate of drug-likeness (QED) is 0.888. The SMILES string of the molecule is CC(C(=O)Nc1ccccn1)N1CCC2(CC1)OCCc1cn[nH]c12. The van der Waals surface area contributed by atoms with Gasteiger partial charge in [-0.1, -0.05) is 6.07 Å². The number of piperidine rings is 1. The van der Waals surface area contributed by atoms with Crippen LogP contribution in [-0.2, 0) is 21.6 Å². The van der Waals surface area contributed by atoms with Gasteiger partial charge in [0.1, 0.15) is 11.4 Å². The molecule has 2 aromatic heterocycles. The summed E-state index contributed by atoms with van der Waals surface area (Å²) in [6, 6.07) is 5.28. The Hall–Kier alpha value is -2.25. The molecule has 0 bridgehead atoms. The molecule has 1 amide bonds. The van der Waals surface area contributed by atoms with Crippen LogP contribution in [0.1, 0.15) is 31.0 Å². The van der Waals surface area contributed by atoms with E-state index in [2.05, 4.69) is 25.4 Å². The van der Waals surface area contributed by atoms with Crippen molar-refractivity contribution in [2.45, 2.75) is 37.8 Å². The van der Waals surface area contributed by atoms with E-state index in [9.17, 15) is 4.79 Å². The Kier molecular flexibility index (Phi) is 4.27. The fraction of sp³-hybridized carbons (Fsp3) is 0.500. The Morgan fingerprint density at radius 1 is 1.40 bits per heavy atom. The Morgan fingerprint density at radius 3 is 3.00 bits per heavy atom. The number of H-pyrrole nitrogens is 1. The van der Waals surface area contributed by atoms with Gasteiger partial charge in [0, 0.05) is 19.3 Å². The normalized spacial score (nSPS) is 20.8. The summed E-state index contributed by atoms with van der Waals surface area (Å²) in [5, 5.41) is 10.2. The third-order valence-electron chi connectivity index (χ3n) is 5.37. The van der Waals surface area contributed by atoms with Gasteiger partial charge in [0.15, 0.2) is 0 Å². The number of aromatic amines is 1. The molecule has 7 nitrogen and oxygen atoms in total. The lowest BCUT2D eigenvalue weighted by molar-refractivity contribution is -0.127. The average Bonchev–Trinajstić information content (AvgIpc) is 3.13. The number of pyridine rings is 1. The van der Waals surface area contributed by atoms with Gasteiger partial charge in [0.2, 0.25) is 5.91 Å². The van der Waals surface area contributed by atoms with Crippen molar-refractivity contribution in [2.24, 2.45) is 0 Å². The first-order valence-corrected chi connectivity index (χ1v) is 8.81. The molecule has 0 aliphatic carbocycles. The molecule has 132 valence electrons. The summed E-state index contributed by atoms with van der Waals surface area (Å²) in [5.41, 5.74) is 2.13. The first kappa shape index (κ1) is 16.2. The highest BCUT2D eigenvalue weighted by Gasteiger charge is 2.43. The van der Waals surface area contributed by atoms with Crippen LogP contribution in [0.2, 0.25) is 0 Å². The van der Waals surface area contributed by atoms with Crippen LogP contribution in [0.15, 0.2) is 30.6 Å². The van der Waals surface area contributed by atoms with Crippen molar-refractivity contribution in [1.29, 1.82) is 0 Å². The molecule has 0 saturated carbocycles. The molecular weight excluding hydrogens is 318 g/mol. The zero-order chi connectivity index (χ0) is 17.3. The molecule has 25 heavy (non-hydrogen) atoms. The molecule has 2 N–H and O–H groups in total. The lowest BCUT2D eigenvalue weighted by Gasteiger charge is -2.44. The number of anilines is 1. The predicted molar refractivity (Wildman–Crippen MR) is 93.1 cm³/mol. The fourth-order valence-electron chi connectivity index (χ4n) is 3.82.